The highest BCUT2D eigenvalue weighted by Gasteiger charge is 2.47. The number of carbonyl (C=O) groups excluding carboxylic acids is 1. The van der Waals surface area contributed by atoms with Crippen molar-refractivity contribution in [1.82, 2.24) is 9.55 Å². The number of aromatic amines is 1. The van der Waals surface area contributed by atoms with E-state index in [9.17, 15) is 22.8 Å². The highest BCUT2D eigenvalue weighted by Crippen LogP contribution is 2.36. The summed E-state index contributed by atoms with van der Waals surface area (Å²) in [7, 11) is -3.89. The molecule has 1 aromatic heterocycles. The number of nitrogens with zero attached hydrogens (tertiary/aromatic N) is 1. The number of carbonyl (C=O) groups is 1. The second kappa shape index (κ2) is 8.84. The summed E-state index contributed by atoms with van der Waals surface area (Å²) in [5.41, 5.74) is -0.703. The molecule has 2 heterocycles. The third kappa shape index (κ3) is 5.06. The Morgan fingerprint density at radius 2 is 1.97 bits per heavy atom. The number of rotatable bonds is 6. The molecule has 4 atom stereocenters. The first-order valence-electron chi connectivity index (χ1n) is 8.79. The van der Waals surface area contributed by atoms with Gasteiger partial charge in [0.15, 0.2) is 6.23 Å². The fourth-order valence-electron chi connectivity index (χ4n) is 2.96. The van der Waals surface area contributed by atoms with Gasteiger partial charge < -0.3 is 9.47 Å². The zero-order chi connectivity index (χ0) is 22.1. The van der Waals surface area contributed by atoms with Crippen LogP contribution in [0.5, 0.6) is 0 Å². The normalized spacial score (nSPS) is 24.0. The molecule has 1 aliphatic rings. The molecule has 0 spiro atoms. The van der Waals surface area contributed by atoms with Crippen LogP contribution in [0.25, 0.3) is 0 Å². The Hall–Kier alpha value is -2.28. The van der Waals surface area contributed by atoms with E-state index >= 15 is 0 Å². The van der Waals surface area contributed by atoms with Gasteiger partial charge in [0.05, 0.1) is 16.6 Å². The van der Waals surface area contributed by atoms with E-state index in [4.69, 9.17) is 13.7 Å². The van der Waals surface area contributed by atoms with Crippen LogP contribution in [0.3, 0.4) is 0 Å². The van der Waals surface area contributed by atoms with Crippen molar-refractivity contribution in [2.45, 2.75) is 30.2 Å². The van der Waals surface area contributed by atoms with Crippen molar-refractivity contribution >= 4 is 32.0 Å². The molecule has 162 valence electrons. The van der Waals surface area contributed by atoms with E-state index in [1.54, 1.807) is 30.3 Å². The van der Waals surface area contributed by atoms with Crippen LogP contribution in [0.15, 0.2) is 46.1 Å². The molecular formula is C18H19BrN2O8S. The smallest absolute Gasteiger partial charge is 0.338 e. The van der Waals surface area contributed by atoms with Crippen molar-refractivity contribution in [2.24, 2.45) is 0 Å². The molecular weight excluding hydrogens is 486 g/mol. The average Bonchev–Trinajstić information content (AvgIpc) is 2.97. The van der Waals surface area contributed by atoms with Gasteiger partial charge in [0, 0.05) is 11.8 Å². The Bertz CT molecular complexity index is 1140. The van der Waals surface area contributed by atoms with Crippen LogP contribution in [0.4, 0.5) is 0 Å². The fourth-order valence-corrected chi connectivity index (χ4v) is 4.58. The van der Waals surface area contributed by atoms with Gasteiger partial charge in [0.25, 0.3) is 15.7 Å². The summed E-state index contributed by atoms with van der Waals surface area (Å²) < 4.78 is 40.8. The Morgan fingerprint density at radius 1 is 1.30 bits per heavy atom. The van der Waals surface area contributed by atoms with Crippen molar-refractivity contribution in [3.63, 3.8) is 0 Å². The molecule has 0 unspecified atom stereocenters. The summed E-state index contributed by atoms with van der Waals surface area (Å²) in [4.78, 5) is 37.5. The molecule has 1 aliphatic heterocycles. The predicted molar refractivity (Wildman–Crippen MR) is 109 cm³/mol. The Labute approximate surface area is 180 Å². The first-order chi connectivity index (χ1) is 14.1. The minimum Gasteiger partial charge on any atom is -0.459 e. The summed E-state index contributed by atoms with van der Waals surface area (Å²) in [5, 5.41) is 0. The number of benzene rings is 1. The number of alkyl halides is 1. The van der Waals surface area contributed by atoms with Crippen LogP contribution < -0.4 is 11.2 Å². The molecule has 0 amide bonds. The van der Waals surface area contributed by atoms with Crippen molar-refractivity contribution in [3.05, 3.63) is 68.5 Å². The topological polar surface area (TPSA) is 134 Å². The maximum Gasteiger partial charge on any atom is 0.338 e. The van der Waals surface area contributed by atoms with E-state index in [1.165, 1.54) is 13.1 Å². The van der Waals surface area contributed by atoms with Gasteiger partial charge in [-0.15, -0.1) is 0 Å². The van der Waals surface area contributed by atoms with E-state index in [1.807, 2.05) is 0 Å². The second-order valence-corrected chi connectivity index (χ2v) is 9.38. The number of aryl methyl sites for hydroxylation is 1. The third-order valence-electron chi connectivity index (χ3n) is 4.36. The van der Waals surface area contributed by atoms with Gasteiger partial charge >= 0.3 is 11.7 Å². The number of aromatic nitrogens is 2. The molecule has 0 aliphatic carbocycles. The number of hydrogen-bond donors (Lipinski definition) is 1. The second-order valence-electron chi connectivity index (χ2n) is 6.72. The van der Waals surface area contributed by atoms with Crippen LogP contribution >= 0.6 is 15.9 Å². The first kappa shape index (κ1) is 22.4. The molecule has 12 heteroatoms. The summed E-state index contributed by atoms with van der Waals surface area (Å²) in [6, 6.07) is 8.24. The first-order valence-corrected chi connectivity index (χ1v) is 11.5. The molecule has 10 nitrogen and oxygen atoms in total. The van der Waals surface area contributed by atoms with E-state index in [0.29, 0.717) is 5.56 Å². The molecule has 0 bridgehead atoms. The molecule has 1 saturated heterocycles. The van der Waals surface area contributed by atoms with Gasteiger partial charge in [-0.2, -0.15) is 8.42 Å². The summed E-state index contributed by atoms with van der Waals surface area (Å²) in [6.45, 7) is 1.19. The van der Waals surface area contributed by atoms with Gasteiger partial charge in [0.2, 0.25) is 0 Å². The van der Waals surface area contributed by atoms with Crippen LogP contribution in [-0.2, 0) is 23.8 Å². The van der Waals surface area contributed by atoms with Crippen molar-refractivity contribution in [2.75, 3.05) is 12.9 Å². The van der Waals surface area contributed by atoms with Crippen LogP contribution in [0.2, 0.25) is 0 Å². The number of esters is 1. The Morgan fingerprint density at radius 3 is 2.60 bits per heavy atom. The molecule has 3 rings (SSSR count). The van der Waals surface area contributed by atoms with Crippen LogP contribution in [-0.4, -0.2) is 53.8 Å². The molecule has 1 N–H and O–H groups in total. The number of nitrogens with one attached hydrogen (secondary N) is 1. The molecule has 30 heavy (non-hydrogen) atoms. The minimum atomic E-state index is -3.89. The number of hydrogen-bond acceptors (Lipinski definition) is 8. The van der Waals surface area contributed by atoms with E-state index in [0.717, 1.165) is 10.8 Å². The standard InChI is InChI=1S/C18H19BrN2O8S/c1-10-8-21(18(24)20-15(10)22)16-13(19)14(29-30(2,25)26)12(28-16)9-27-17(23)11-6-4-3-5-7-11/h3-8,12-14,16H,9H2,1-2H3,(H,20,22,24)/t12-,13-,14-,16-/m1/s1/i16+2. The van der Waals surface area contributed by atoms with E-state index in [2.05, 4.69) is 20.9 Å². The largest absolute Gasteiger partial charge is 0.459 e. The maximum absolute atomic E-state index is 12.2. The van der Waals surface area contributed by atoms with Gasteiger partial charge in [-0.3, -0.25) is 18.5 Å². The lowest BCUT2D eigenvalue weighted by Gasteiger charge is -2.19. The van der Waals surface area contributed by atoms with E-state index < -0.39 is 50.6 Å². The summed E-state index contributed by atoms with van der Waals surface area (Å²) in [6.07, 6.45) is -0.923. The summed E-state index contributed by atoms with van der Waals surface area (Å²) >= 11 is 3.32. The van der Waals surface area contributed by atoms with Crippen molar-refractivity contribution in [3.8, 4) is 0 Å². The van der Waals surface area contributed by atoms with Crippen molar-refractivity contribution < 1.29 is 26.9 Å². The van der Waals surface area contributed by atoms with Gasteiger partial charge in [-0.25, -0.2) is 9.59 Å². The van der Waals surface area contributed by atoms with Gasteiger partial charge in [0.1, 0.15) is 18.8 Å². The monoisotopic (exact) mass is 504 g/mol. The van der Waals surface area contributed by atoms with E-state index in [-0.39, 0.29) is 12.2 Å². The lowest BCUT2D eigenvalue weighted by molar-refractivity contribution is -0.0487. The lowest BCUT2D eigenvalue weighted by Crippen LogP contribution is -2.38. The molecule has 1 aromatic carbocycles. The molecule has 2 aromatic rings. The number of ether oxygens (including phenoxy) is 2. The van der Waals surface area contributed by atoms with Gasteiger partial charge in [-0.05, 0) is 19.1 Å². The fraction of sp³-hybridized carbons (Fsp3) is 0.389. The highest BCUT2D eigenvalue weighted by atomic mass is 79.9. The number of H-pyrrole nitrogens is 1. The zero-order valence-electron chi connectivity index (χ0n) is 16.0. The predicted octanol–water partition coefficient (Wildman–Crippen LogP) is 0.708. The minimum absolute atomic E-state index is 0.262. The Balaban J connectivity index is 1.85. The molecule has 0 radical (unpaired) electrons. The molecule has 0 saturated carbocycles. The SMILES string of the molecule is Cc1cn([14C@@H]2O[C@H](COC(=O)c3ccccc3)[C@@H](OS(C)(=O)=O)[C@H]2Br)c(=O)[nH]c1=O. The quantitative estimate of drug-likeness (QED) is 0.345. The van der Waals surface area contributed by atoms with Crippen LogP contribution in [0, 0.1) is 6.92 Å². The highest BCUT2D eigenvalue weighted by molar-refractivity contribution is 9.09. The maximum atomic E-state index is 12.2. The third-order valence-corrected chi connectivity index (χ3v) is 5.91. The van der Waals surface area contributed by atoms with Crippen molar-refractivity contribution in [1.29, 1.82) is 0 Å². The zero-order valence-corrected chi connectivity index (χ0v) is 18.4. The van der Waals surface area contributed by atoms with Crippen LogP contribution in [0.1, 0.15) is 22.1 Å². The lowest BCUT2D eigenvalue weighted by atomic mass is 10.2. The van der Waals surface area contributed by atoms with Gasteiger partial charge in [-0.1, -0.05) is 34.1 Å². The average molecular weight is 505 g/mol. The Kier molecular flexibility index (Phi) is 6.60. The number of halogens is 1. The summed E-state index contributed by atoms with van der Waals surface area (Å²) in [5.74, 6) is -0.621. The molecule has 1 fully saturated rings.